The molecule has 0 spiro atoms. The smallest absolute Gasteiger partial charge is 0.0372 e. The summed E-state index contributed by atoms with van der Waals surface area (Å²) in [5, 5.41) is 3.64. The van der Waals surface area contributed by atoms with Gasteiger partial charge in [-0.15, -0.1) is 0 Å². The average Bonchev–Trinajstić information content (AvgIpc) is 2.12. The topological polar surface area (TPSA) is 12.0 Å². The van der Waals surface area contributed by atoms with E-state index in [1.54, 1.807) is 0 Å². The number of aryl methyl sites for hydroxylation is 1. The van der Waals surface area contributed by atoms with Gasteiger partial charge in [0.25, 0.3) is 0 Å². The molecule has 2 heteroatoms. The van der Waals surface area contributed by atoms with Gasteiger partial charge in [-0.3, -0.25) is 0 Å². The first kappa shape index (κ1) is 12.0. The Morgan fingerprint density at radius 2 is 2.00 bits per heavy atom. The number of nitrogens with one attached hydrogen (secondary N) is 1. The van der Waals surface area contributed by atoms with Gasteiger partial charge in [0, 0.05) is 16.2 Å². The first-order chi connectivity index (χ1) is 7.56. The van der Waals surface area contributed by atoms with Crippen molar-refractivity contribution in [2.75, 3.05) is 5.32 Å². The van der Waals surface area contributed by atoms with Crippen LogP contribution in [0.3, 0.4) is 0 Å². The number of hydrogen-bond acceptors (Lipinski definition) is 1. The molecule has 1 fully saturated rings. The molecule has 1 nitrogen and oxygen atoms in total. The van der Waals surface area contributed by atoms with Gasteiger partial charge in [0.2, 0.25) is 0 Å². The maximum atomic E-state index is 3.64. The van der Waals surface area contributed by atoms with E-state index in [1.165, 1.54) is 24.1 Å². The number of hydrogen-bond donors (Lipinski definition) is 1. The molecule has 0 saturated heterocycles. The fourth-order valence-electron chi connectivity index (χ4n) is 2.33. The van der Waals surface area contributed by atoms with Crippen molar-refractivity contribution in [3.63, 3.8) is 0 Å². The predicted octanol–water partition coefficient (Wildman–Crippen LogP) is 4.60. The lowest BCUT2D eigenvalue weighted by Crippen LogP contribution is -2.38. The normalized spacial score (nSPS) is 24.3. The molecule has 2 rings (SSSR count). The largest absolute Gasteiger partial charge is 0.382 e. The molecule has 1 N–H and O–H groups in total. The summed E-state index contributed by atoms with van der Waals surface area (Å²) in [6.45, 7) is 6.81. The van der Waals surface area contributed by atoms with Gasteiger partial charge >= 0.3 is 0 Å². The van der Waals surface area contributed by atoms with Crippen LogP contribution in [-0.2, 0) is 0 Å². The van der Waals surface area contributed by atoms with Gasteiger partial charge in [-0.25, -0.2) is 0 Å². The summed E-state index contributed by atoms with van der Waals surface area (Å²) in [5.41, 5.74) is 2.61. The molecule has 1 aliphatic rings. The molecule has 1 aliphatic carbocycles. The highest BCUT2D eigenvalue weighted by atomic mass is 79.9. The first-order valence-electron chi connectivity index (χ1n) is 6.09. The summed E-state index contributed by atoms with van der Waals surface area (Å²) in [6, 6.07) is 7.13. The molecule has 16 heavy (non-hydrogen) atoms. The SMILES string of the molecule is Cc1cc(Br)ccc1NC1CC(C(C)C)C1. The van der Waals surface area contributed by atoms with Crippen LogP contribution in [0.5, 0.6) is 0 Å². The molecule has 1 saturated carbocycles. The molecular formula is C14H20BrN. The molecule has 0 bridgehead atoms. The third kappa shape index (κ3) is 2.60. The molecule has 0 aromatic heterocycles. The first-order valence-corrected chi connectivity index (χ1v) is 6.88. The van der Waals surface area contributed by atoms with Crippen molar-refractivity contribution in [3.8, 4) is 0 Å². The Bertz CT molecular complexity index is 367. The molecule has 0 radical (unpaired) electrons. The molecule has 1 aromatic carbocycles. The van der Waals surface area contributed by atoms with Crippen LogP contribution in [0.4, 0.5) is 5.69 Å². The molecule has 0 atom stereocenters. The van der Waals surface area contributed by atoms with Crippen LogP contribution in [0.2, 0.25) is 0 Å². The minimum atomic E-state index is 0.687. The Balaban J connectivity index is 1.91. The third-order valence-electron chi connectivity index (χ3n) is 3.67. The van der Waals surface area contributed by atoms with Gasteiger partial charge < -0.3 is 5.32 Å². The van der Waals surface area contributed by atoms with Crippen LogP contribution in [0.25, 0.3) is 0 Å². The molecule has 0 aliphatic heterocycles. The van der Waals surface area contributed by atoms with Crippen LogP contribution in [-0.4, -0.2) is 6.04 Å². The minimum Gasteiger partial charge on any atom is -0.382 e. The van der Waals surface area contributed by atoms with Crippen molar-refractivity contribution in [3.05, 3.63) is 28.2 Å². The number of anilines is 1. The van der Waals surface area contributed by atoms with E-state index in [1.807, 2.05) is 0 Å². The monoisotopic (exact) mass is 281 g/mol. The van der Waals surface area contributed by atoms with Crippen LogP contribution in [0, 0.1) is 18.8 Å². The minimum absolute atomic E-state index is 0.687. The fraction of sp³-hybridized carbons (Fsp3) is 0.571. The Kier molecular flexibility index (Phi) is 3.58. The standard InChI is InChI=1S/C14H20BrN/c1-9(2)11-7-13(8-11)16-14-5-4-12(15)6-10(14)3/h4-6,9,11,13,16H,7-8H2,1-3H3. The van der Waals surface area contributed by atoms with E-state index < -0.39 is 0 Å². The van der Waals surface area contributed by atoms with Crippen molar-refractivity contribution in [1.82, 2.24) is 0 Å². The lowest BCUT2D eigenvalue weighted by Gasteiger charge is -2.39. The second-order valence-electron chi connectivity index (χ2n) is 5.28. The average molecular weight is 282 g/mol. The fourth-order valence-corrected chi connectivity index (χ4v) is 2.81. The summed E-state index contributed by atoms with van der Waals surface area (Å²) >= 11 is 3.49. The Morgan fingerprint density at radius 3 is 2.56 bits per heavy atom. The number of rotatable bonds is 3. The van der Waals surface area contributed by atoms with E-state index in [2.05, 4.69) is 60.2 Å². The van der Waals surface area contributed by atoms with Gasteiger partial charge in [0.05, 0.1) is 0 Å². The van der Waals surface area contributed by atoms with Gasteiger partial charge in [-0.05, 0) is 55.4 Å². The molecule has 88 valence electrons. The quantitative estimate of drug-likeness (QED) is 0.854. The lowest BCUT2D eigenvalue weighted by molar-refractivity contribution is 0.212. The van der Waals surface area contributed by atoms with Crippen LogP contribution >= 0.6 is 15.9 Å². The van der Waals surface area contributed by atoms with Crippen molar-refractivity contribution in [2.24, 2.45) is 11.8 Å². The highest BCUT2D eigenvalue weighted by Gasteiger charge is 2.31. The van der Waals surface area contributed by atoms with E-state index in [0.717, 1.165) is 16.3 Å². The maximum Gasteiger partial charge on any atom is 0.0372 e. The van der Waals surface area contributed by atoms with E-state index in [0.29, 0.717) is 6.04 Å². The van der Waals surface area contributed by atoms with Crippen molar-refractivity contribution in [1.29, 1.82) is 0 Å². The van der Waals surface area contributed by atoms with Crippen LogP contribution < -0.4 is 5.32 Å². The molecule has 0 unspecified atom stereocenters. The number of benzene rings is 1. The summed E-state index contributed by atoms with van der Waals surface area (Å²) in [5.74, 6) is 1.76. The van der Waals surface area contributed by atoms with Crippen molar-refractivity contribution >= 4 is 21.6 Å². The van der Waals surface area contributed by atoms with E-state index in [9.17, 15) is 0 Å². The Morgan fingerprint density at radius 1 is 1.31 bits per heavy atom. The second kappa shape index (κ2) is 4.79. The summed E-state index contributed by atoms with van der Waals surface area (Å²) < 4.78 is 1.16. The number of halogens is 1. The summed E-state index contributed by atoms with van der Waals surface area (Å²) in [7, 11) is 0. The molecule has 0 heterocycles. The highest BCUT2D eigenvalue weighted by Crippen LogP contribution is 2.36. The van der Waals surface area contributed by atoms with Crippen LogP contribution in [0.15, 0.2) is 22.7 Å². The Labute approximate surface area is 107 Å². The van der Waals surface area contributed by atoms with Gasteiger partial charge in [-0.2, -0.15) is 0 Å². The summed E-state index contributed by atoms with van der Waals surface area (Å²) in [4.78, 5) is 0. The van der Waals surface area contributed by atoms with Gasteiger partial charge in [0.1, 0.15) is 0 Å². The van der Waals surface area contributed by atoms with Gasteiger partial charge in [0.15, 0.2) is 0 Å². The van der Waals surface area contributed by atoms with Crippen molar-refractivity contribution < 1.29 is 0 Å². The molecule has 1 aromatic rings. The third-order valence-corrected chi connectivity index (χ3v) is 4.16. The second-order valence-corrected chi connectivity index (χ2v) is 6.19. The van der Waals surface area contributed by atoms with Crippen LogP contribution in [0.1, 0.15) is 32.3 Å². The lowest BCUT2D eigenvalue weighted by atomic mass is 9.73. The van der Waals surface area contributed by atoms with Crippen molar-refractivity contribution in [2.45, 2.75) is 39.7 Å². The molecular weight excluding hydrogens is 262 g/mol. The Hall–Kier alpha value is -0.500. The van der Waals surface area contributed by atoms with E-state index in [4.69, 9.17) is 0 Å². The van der Waals surface area contributed by atoms with Gasteiger partial charge in [-0.1, -0.05) is 29.8 Å². The van der Waals surface area contributed by atoms with E-state index >= 15 is 0 Å². The summed E-state index contributed by atoms with van der Waals surface area (Å²) in [6.07, 6.45) is 2.65. The van der Waals surface area contributed by atoms with E-state index in [-0.39, 0.29) is 0 Å². The highest BCUT2D eigenvalue weighted by molar-refractivity contribution is 9.10. The zero-order valence-corrected chi connectivity index (χ0v) is 11.8. The zero-order valence-electron chi connectivity index (χ0n) is 10.3. The maximum absolute atomic E-state index is 3.64. The zero-order chi connectivity index (χ0) is 11.7. The molecule has 0 amide bonds. The predicted molar refractivity (Wildman–Crippen MR) is 73.9 cm³/mol.